The second-order valence-electron chi connectivity index (χ2n) is 9.18. The van der Waals surface area contributed by atoms with Gasteiger partial charge in [-0.15, -0.1) is 0 Å². The zero-order valence-electron chi connectivity index (χ0n) is 21.1. The molecular formula is C25H30B6N2O2. The van der Waals surface area contributed by atoms with Gasteiger partial charge in [0.2, 0.25) is 0 Å². The number of fused-ring (bicyclic) bond motifs is 1. The molecule has 2 aliphatic rings. The van der Waals surface area contributed by atoms with Gasteiger partial charge < -0.3 is 15.0 Å². The SMILES string of the molecule is CCN(CC)C(=O)c1ccc(C2=CC3(CCNCC3)Oc3ccc(C)cc32)cc1.[B]B([B])B([B])[B]. The number of aryl methyl sites for hydroxylation is 1. The van der Waals surface area contributed by atoms with Gasteiger partial charge in [-0.2, -0.15) is 0 Å². The van der Waals surface area contributed by atoms with E-state index in [4.69, 9.17) is 35.7 Å². The summed E-state index contributed by atoms with van der Waals surface area (Å²) in [6, 6.07) is 14.5. The van der Waals surface area contributed by atoms with Crippen LogP contribution in [-0.4, -0.2) is 86.3 Å². The first kappa shape index (κ1) is 27.4. The Balaban J connectivity index is 0.000000509. The average Bonchev–Trinajstić information content (AvgIpc) is 2.85. The third-order valence-electron chi connectivity index (χ3n) is 6.53. The highest BCUT2D eigenvalue weighted by Crippen LogP contribution is 2.43. The van der Waals surface area contributed by atoms with Gasteiger partial charge in [-0.3, -0.25) is 4.79 Å². The number of benzene rings is 2. The summed E-state index contributed by atoms with van der Waals surface area (Å²) in [7, 11) is 19.9. The predicted octanol–water partition coefficient (Wildman–Crippen LogP) is 2.14. The second-order valence-corrected chi connectivity index (χ2v) is 9.18. The van der Waals surface area contributed by atoms with E-state index in [0.717, 1.165) is 61.5 Å². The summed E-state index contributed by atoms with van der Waals surface area (Å²) >= 11 is 0. The number of nitrogens with zero attached hydrogens (tertiary/aromatic N) is 1. The van der Waals surface area contributed by atoms with Crippen LogP contribution in [0, 0.1) is 6.92 Å². The van der Waals surface area contributed by atoms with Crippen LogP contribution in [0.5, 0.6) is 5.75 Å². The smallest absolute Gasteiger partial charge is 0.253 e. The van der Waals surface area contributed by atoms with Gasteiger partial charge >= 0.3 is 0 Å². The van der Waals surface area contributed by atoms with Crippen molar-refractivity contribution in [2.45, 2.75) is 39.2 Å². The first-order valence-electron chi connectivity index (χ1n) is 12.4. The zero-order chi connectivity index (χ0) is 25.6. The van der Waals surface area contributed by atoms with Crippen molar-refractivity contribution in [1.82, 2.24) is 10.2 Å². The molecule has 2 aliphatic heterocycles. The molecule has 2 aromatic carbocycles. The Morgan fingerprint density at radius 1 is 1.00 bits per heavy atom. The predicted molar refractivity (Wildman–Crippen MR) is 152 cm³/mol. The van der Waals surface area contributed by atoms with Crippen molar-refractivity contribution in [2.75, 3.05) is 26.2 Å². The van der Waals surface area contributed by atoms with E-state index in [1.165, 1.54) is 11.1 Å². The molecule has 2 aromatic rings. The van der Waals surface area contributed by atoms with E-state index in [1.54, 1.807) is 0 Å². The maximum atomic E-state index is 12.7. The summed E-state index contributed by atoms with van der Waals surface area (Å²) in [4.78, 5) is 14.5. The van der Waals surface area contributed by atoms with Crippen LogP contribution in [0.2, 0.25) is 0 Å². The number of hydrogen-bond donors (Lipinski definition) is 1. The maximum absolute atomic E-state index is 12.7. The molecule has 4 nitrogen and oxygen atoms in total. The molecule has 2 heterocycles. The molecule has 10 heteroatoms. The van der Waals surface area contributed by atoms with Crippen molar-refractivity contribution in [1.29, 1.82) is 0 Å². The lowest BCUT2D eigenvalue weighted by molar-refractivity contribution is 0.0772. The monoisotopic (exact) mass is 456 g/mol. The quantitative estimate of drug-likeness (QED) is 0.703. The van der Waals surface area contributed by atoms with Gasteiger partial charge in [-0.05, 0) is 75.3 Å². The number of carbonyl (C=O) groups excluding carboxylic acids is 1. The molecule has 0 unspecified atom stereocenters. The van der Waals surface area contributed by atoms with E-state index in [-0.39, 0.29) is 11.5 Å². The zero-order valence-corrected chi connectivity index (χ0v) is 21.1. The Labute approximate surface area is 216 Å². The molecule has 1 saturated heterocycles. The minimum absolute atomic E-state index is 0.0913. The van der Waals surface area contributed by atoms with Crippen LogP contribution >= 0.6 is 0 Å². The molecule has 1 amide bonds. The topological polar surface area (TPSA) is 41.6 Å². The summed E-state index contributed by atoms with van der Waals surface area (Å²) < 4.78 is 6.51. The fourth-order valence-corrected chi connectivity index (χ4v) is 4.35. The molecule has 35 heavy (non-hydrogen) atoms. The van der Waals surface area contributed by atoms with Gasteiger partial charge in [0.25, 0.3) is 5.91 Å². The highest BCUT2D eigenvalue weighted by molar-refractivity contribution is 7.76. The van der Waals surface area contributed by atoms with Gasteiger partial charge in [0.05, 0.1) is 0 Å². The number of amides is 1. The Hall–Kier alpha value is -2.20. The van der Waals surface area contributed by atoms with Gasteiger partial charge in [0.15, 0.2) is 0 Å². The molecule has 0 aromatic heterocycles. The number of piperidine rings is 1. The number of ether oxygens (including phenoxy) is 1. The minimum atomic E-state index is -0.593. The highest BCUT2D eigenvalue weighted by atomic mass is 16.5. The lowest BCUT2D eigenvalue weighted by Gasteiger charge is -2.40. The molecule has 170 valence electrons. The van der Waals surface area contributed by atoms with Crippen molar-refractivity contribution < 1.29 is 9.53 Å². The highest BCUT2D eigenvalue weighted by Gasteiger charge is 2.37. The summed E-state index contributed by atoms with van der Waals surface area (Å²) in [5, 5.41) is 3.43. The summed E-state index contributed by atoms with van der Waals surface area (Å²) in [6.45, 7) is 9.51. The molecular weight excluding hydrogens is 425 g/mol. The van der Waals surface area contributed by atoms with E-state index >= 15 is 0 Å². The molecule has 4 rings (SSSR count). The Kier molecular flexibility index (Phi) is 9.52. The van der Waals surface area contributed by atoms with Crippen molar-refractivity contribution in [3.8, 4) is 5.75 Å². The molecule has 0 atom stereocenters. The van der Waals surface area contributed by atoms with Crippen LogP contribution in [0.4, 0.5) is 0 Å². The molecule has 0 bridgehead atoms. The van der Waals surface area contributed by atoms with Gasteiger partial charge in [0, 0.05) is 80.8 Å². The first-order chi connectivity index (χ1) is 16.7. The second kappa shape index (κ2) is 12.2. The van der Waals surface area contributed by atoms with Crippen molar-refractivity contribution >= 4 is 55.2 Å². The third kappa shape index (κ3) is 6.73. The Morgan fingerprint density at radius 2 is 1.60 bits per heavy atom. The lowest BCUT2D eigenvalue weighted by Crippen LogP contribution is -2.46. The van der Waals surface area contributed by atoms with Crippen molar-refractivity contribution in [3.63, 3.8) is 0 Å². The molecule has 1 spiro atoms. The van der Waals surface area contributed by atoms with E-state index in [9.17, 15) is 4.79 Å². The Morgan fingerprint density at radius 3 is 2.14 bits per heavy atom. The summed E-state index contributed by atoms with van der Waals surface area (Å²) in [5.74, 6) is 1.05. The van der Waals surface area contributed by atoms with E-state index in [2.05, 4.69) is 48.6 Å². The van der Waals surface area contributed by atoms with E-state index in [0.29, 0.717) is 0 Å². The van der Waals surface area contributed by atoms with E-state index < -0.39 is 12.8 Å². The fourth-order valence-electron chi connectivity index (χ4n) is 4.35. The molecule has 8 radical (unpaired) electrons. The number of rotatable bonds is 5. The van der Waals surface area contributed by atoms with Crippen LogP contribution in [0.25, 0.3) is 5.57 Å². The molecule has 0 aliphatic carbocycles. The van der Waals surface area contributed by atoms with Crippen LogP contribution in [-0.2, 0) is 0 Å². The standard InChI is InChI=1S/C25H30N2O2.B6/c1-4-27(5-2)24(28)20-9-7-19(8-10-20)22-17-25(12-14-26-15-13-25)29-23-11-6-18(3)16-21(22)23;1-5(2)6(3)4/h6-11,16-17,26H,4-5,12-15H2,1-3H3;. The summed E-state index contributed by atoms with van der Waals surface area (Å²) in [6.07, 6.45) is 3.05. The molecule has 1 fully saturated rings. The van der Waals surface area contributed by atoms with Gasteiger partial charge in [0.1, 0.15) is 11.4 Å². The Bertz CT molecular complexity index is 1030. The normalized spacial score (nSPS) is 15.6. The van der Waals surface area contributed by atoms with Crippen LogP contribution < -0.4 is 10.1 Å². The molecule has 0 saturated carbocycles. The first-order valence-corrected chi connectivity index (χ1v) is 12.4. The molecule has 1 N–H and O–H groups in total. The van der Waals surface area contributed by atoms with Crippen LogP contribution in [0.3, 0.4) is 0 Å². The van der Waals surface area contributed by atoms with E-state index in [1.807, 2.05) is 30.9 Å². The fraction of sp³-hybridized carbons (Fsp3) is 0.400. The summed E-state index contributed by atoms with van der Waals surface area (Å²) in [5.41, 5.74) is 5.18. The largest absolute Gasteiger partial charge is 0.482 e. The maximum Gasteiger partial charge on any atom is 0.253 e. The lowest BCUT2D eigenvalue weighted by atomic mass is 8.81. The number of nitrogens with one attached hydrogen (secondary N) is 1. The van der Waals surface area contributed by atoms with Gasteiger partial charge in [-0.25, -0.2) is 0 Å². The van der Waals surface area contributed by atoms with Crippen LogP contribution in [0.15, 0.2) is 48.5 Å². The van der Waals surface area contributed by atoms with Gasteiger partial charge in [-0.1, -0.05) is 23.8 Å². The van der Waals surface area contributed by atoms with Crippen LogP contribution in [0.1, 0.15) is 53.7 Å². The van der Waals surface area contributed by atoms with Crippen molar-refractivity contribution in [3.05, 3.63) is 70.8 Å². The third-order valence-corrected chi connectivity index (χ3v) is 6.53. The number of carbonyl (C=O) groups is 1. The number of hydrogen-bond acceptors (Lipinski definition) is 3. The van der Waals surface area contributed by atoms with Crippen molar-refractivity contribution in [2.24, 2.45) is 0 Å². The minimum Gasteiger partial charge on any atom is -0.482 e. The average molecular weight is 455 g/mol.